The first-order valence-electron chi connectivity index (χ1n) is 13.3. The molecule has 0 radical (unpaired) electrons. The summed E-state index contributed by atoms with van der Waals surface area (Å²) >= 11 is 3.74. The second kappa shape index (κ2) is 10.7. The maximum Gasteiger partial charge on any atom is 0.175 e. The van der Waals surface area contributed by atoms with Gasteiger partial charge in [-0.3, -0.25) is 0 Å². The summed E-state index contributed by atoms with van der Waals surface area (Å²) in [6.45, 7) is 4.38. The van der Waals surface area contributed by atoms with E-state index in [-0.39, 0.29) is 0 Å². The van der Waals surface area contributed by atoms with Crippen LogP contribution >= 0.6 is 15.9 Å². The molecule has 0 atom stereocenters. The van der Waals surface area contributed by atoms with Gasteiger partial charge in [0.2, 0.25) is 0 Å². The number of furan rings is 1. The van der Waals surface area contributed by atoms with Gasteiger partial charge in [0.25, 0.3) is 0 Å². The lowest BCUT2D eigenvalue weighted by atomic mass is 10.0. The monoisotopic (exact) mass is 584 g/mol. The van der Waals surface area contributed by atoms with Crippen molar-refractivity contribution in [1.82, 2.24) is 0 Å². The van der Waals surface area contributed by atoms with Gasteiger partial charge in [-0.2, -0.15) is 0 Å². The van der Waals surface area contributed by atoms with E-state index in [2.05, 4.69) is 157 Å². The zero-order valence-corrected chi connectivity index (χ0v) is 24.7. The van der Waals surface area contributed by atoms with Gasteiger partial charge < -0.3 is 4.42 Å². The van der Waals surface area contributed by atoms with Crippen LogP contribution in [0.4, 0.5) is 0 Å². The van der Waals surface area contributed by atoms with E-state index in [1.54, 1.807) is 0 Å². The molecule has 0 bridgehead atoms. The summed E-state index contributed by atoms with van der Waals surface area (Å²) in [5.74, 6) is 0. The number of allylic oxidation sites excluding steroid dienone is 4. The van der Waals surface area contributed by atoms with Crippen LogP contribution in [0.15, 0.2) is 154 Å². The molecule has 1 nitrogen and oxygen atoms in total. The van der Waals surface area contributed by atoms with E-state index >= 15 is 0 Å². The number of hydrogen-bond acceptors (Lipinski definition) is 1. The Hall–Kier alpha value is -3.92. The highest BCUT2D eigenvalue weighted by Crippen LogP contribution is 2.36. The molecule has 0 aliphatic heterocycles. The van der Waals surface area contributed by atoms with Gasteiger partial charge in [-0.05, 0) is 64.8 Å². The Morgan fingerprint density at radius 1 is 0.667 bits per heavy atom. The highest BCUT2D eigenvalue weighted by atomic mass is 79.9. The Balaban J connectivity index is 1.61. The lowest BCUT2D eigenvalue weighted by molar-refractivity contribution is 0.669. The number of hydrogen-bond donors (Lipinski definition) is 0. The molecule has 0 amide bonds. The molecular weight excluding hydrogens is 556 g/mol. The quantitative estimate of drug-likeness (QED) is 0.108. The molecule has 6 rings (SSSR count). The van der Waals surface area contributed by atoms with E-state index in [1.807, 2.05) is 12.1 Å². The Morgan fingerprint density at radius 2 is 1.31 bits per heavy atom. The SMILES string of the molecule is C/C=C\C=C(/C)[Si](c1ccccc1)(c1ccccc1)c1cccc(-c2ccc3oc4cccc(Br)c4c3c2)c1. The second-order valence-electron chi connectivity index (χ2n) is 9.86. The first-order valence-corrected chi connectivity index (χ1v) is 16.0. The third-order valence-electron chi connectivity index (χ3n) is 7.62. The van der Waals surface area contributed by atoms with Crippen LogP contribution in [0.2, 0.25) is 0 Å². The summed E-state index contributed by atoms with van der Waals surface area (Å²) in [6.07, 6.45) is 6.58. The topological polar surface area (TPSA) is 13.1 Å². The molecule has 5 aromatic carbocycles. The molecule has 0 fully saturated rings. The average molecular weight is 586 g/mol. The van der Waals surface area contributed by atoms with Crippen molar-refractivity contribution in [2.45, 2.75) is 13.8 Å². The van der Waals surface area contributed by atoms with Gasteiger partial charge in [0.05, 0.1) is 0 Å². The third kappa shape index (κ3) is 4.42. The van der Waals surface area contributed by atoms with Crippen LogP contribution in [0.25, 0.3) is 33.1 Å². The smallest absolute Gasteiger partial charge is 0.175 e. The fraction of sp³-hybridized carbons (Fsp3) is 0.0556. The van der Waals surface area contributed by atoms with Gasteiger partial charge in [-0.15, -0.1) is 0 Å². The Bertz CT molecular complexity index is 1790. The van der Waals surface area contributed by atoms with Gasteiger partial charge in [0.1, 0.15) is 11.2 Å². The predicted octanol–water partition coefficient (Wildman–Crippen LogP) is 8.55. The van der Waals surface area contributed by atoms with Crippen LogP contribution in [-0.4, -0.2) is 8.07 Å². The first-order chi connectivity index (χ1) is 19.1. The standard InChI is InChI=1S/C36H29BrOSi/c1-3-4-13-26(2)39(29-15-7-5-8-16-29,30-17-9-6-10-18-30)31-19-11-14-27(24-31)28-22-23-34-32(25-28)36-33(37)20-12-21-35(36)38-34/h3-25H,1-2H3/b4-3-,26-13+. The van der Waals surface area contributed by atoms with Gasteiger partial charge in [0.15, 0.2) is 8.07 Å². The average Bonchev–Trinajstić information content (AvgIpc) is 3.37. The maximum absolute atomic E-state index is 6.15. The number of benzene rings is 5. The Morgan fingerprint density at radius 3 is 2.00 bits per heavy atom. The van der Waals surface area contributed by atoms with Gasteiger partial charge in [0, 0.05) is 15.2 Å². The van der Waals surface area contributed by atoms with Crippen molar-refractivity contribution in [2.24, 2.45) is 0 Å². The van der Waals surface area contributed by atoms with E-state index in [4.69, 9.17) is 4.42 Å². The molecule has 1 aromatic heterocycles. The molecule has 0 saturated heterocycles. The number of fused-ring (bicyclic) bond motifs is 3. The second-order valence-corrected chi connectivity index (χ2v) is 14.7. The van der Waals surface area contributed by atoms with Crippen molar-refractivity contribution in [2.75, 3.05) is 0 Å². The van der Waals surface area contributed by atoms with Crippen molar-refractivity contribution in [1.29, 1.82) is 0 Å². The van der Waals surface area contributed by atoms with Crippen LogP contribution < -0.4 is 15.6 Å². The Labute approximate surface area is 239 Å². The molecule has 1 heterocycles. The summed E-state index contributed by atoms with van der Waals surface area (Å²) in [7, 11) is -2.54. The molecule has 39 heavy (non-hydrogen) atoms. The largest absolute Gasteiger partial charge is 0.456 e. The molecule has 0 N–H and O–H groups in total. The van der Waals surface area contributed by atoms with Crippen molar-refractivity contribution >= 4 is 61.5 Å². The summed E-state index contributed by atoms with van der Waals surface area (Å²) in [6, 6.07) is 44.0. The van der Waals surface area contributed by atoms with E-state index < -0.39 is 8.07 Å². The van der Waals surface area contributed by atoms with E-state index in [0.717, 1.165) is 26.4 Å². The molecule has 0 unspecified atom stereocenters. The Kier molecular flexibility index (Phi) is 6.95. The van der Waals surface area contributed by atoms with Gasteiger partial charge >= 0.3 is 0 Å². The summed E-state index contributed by atoms with van der Waals surface area (Å²) in [4.78, 5) is 0. The lowest BCUT2D eigenvalue weighted by Crippen LogP contribution is -2.68. The molecular formula is C36H29BrOSi. The van der Waals surface area contributed by atoms with E-state index in [9.17, 15) is 0 Å². The summed E-state index contributed by atoms with van der Waals surface area (Å²) in [5, 5.41) is 7.77. The molecule has 6 aromatic rings. The zero-order valence-electron chi connectivity index (χ0n) is 22.1. The fourth-order valence-corrected chi connectivity index (χ4v) is 11.2. The minimum absolute atomic E-state index is 0.898. The highest BCUT2D eigenvalue weighted by molar-refractivity contribution is 9.10. The molecule has 0 aliphatic carbocycles. The van der Waals surface area contributed by atoms with E-state index in [0.29, 0.717) is 0 Å². The minimum Gasteiger partial charge on any atom is -0.456 e. The third-order valence-corrected chi connectivity index (χ3v) is 13.2. The molecule has 190 valence electrons. The van der Waals surface area contributed by atoms with Crippen molar-refractivity contribution in [3.05, 3.63) is 149 Å². The molecule has 3 heteroatoms. The van der Waals surface area contributed by atoms with Crippen LogP contribution in [0.5, 0.6) is 0 Å². The van der Waals surface area contributed by atoms with Crippen molar-refractivity contribution in [3.63, 3.8) is 0 Å². The lowest BCUT2D eigenvalue weighted by Gasteiger charge is -2.35. The minimum atomic E-state index is -2.54. The van der Waals surface area contributed by atoms with Gasteiger partial charge in [-0.25, -0.2) is 0 Å². The van der Waals surface area contributed by atoms with E-state index in [1.165, 1.54) is 31.9 Å². The van der Waals surface area contributed by atoms with Gasteiger partial charge in [-0.1, -0.05) is 136 Å². The highest BCUT2D eigenvalue weighted by Gasteiger charge is 2.41. The predicted molar refractivity (Wildman–Crippen MR) is 173 cm³/mol. The zero-order chi connectivity index (χ0) is 26.8. The summed E-state index contributed by atoms with van der Waals surface area (Å²) < 4.78 is 7.20. The molecule has 0 spiro atoms. The van der Waals surface area contributed by atoms with Crippen molar-refractivity contribution in [3.8, 4) is 11.1 Å². The normalized spacial score (nSPS) is 12.5. The van der Waals surface area contributed by atoms with Crippen LogP contribution in [0, 0.1) is 0 Å². The van der Waals surface area contributed by atoms with Crippen molar-refractivity contribution < 1.29 is 4.42 Å². The number of rotatable bonds is 6. The molecule has 0 aliphatic rings. The fourth-order valence-electron chi connectivity index (χ4n) is 5.82. The van der Waals surface area contributed by atoms with Crippen LogP contribution in [-0.2, 0) is 0 Å². The van der Waals surface area contributed by atoms with Crippen LogP contribution in [0.1, 0.15) is 13.8 Å². The first kappa shape index (κ1) is 25.4. The molecule has 0 saturated carbocycles. The summed E-state index contributed by atoms with van der Waals surface area (Å²) in [5.41, 5.74) is 4.19. The van der Waals surface area contributed by atoms with Crippen LogP contribution in [0.3, 0.4) is 0 Å². The number of halogens is 1. The maximum atomic E-state index is 6.15.